The lowest BCUT2D eigenvalue weighted by atomic mass is 10.1. The average molecular weight is 266 g/mol. The molecule has 0 heterocycles. The molecule has 0 aliphatic rings. The molecule has 0 fully saturated rings. The molecule has 1 aromatic rings. The van der Waals surface area contributed by atoms with E-state index < -0.39 is 0 Å². The molecule has 1 amide bonds. The molecule has 0 radical (unpaired) electrons. The molecule has 0 atom stereocenters. The third kappa shape index (κ3) is 4.99. The van der Waals surface area contributed by atoms with Gasteiger partial charge in [0.15, 0.2) is 0 Å². The van der Waals surface area contributed by atoms with Crippen LogP contribution in [-0.2, 0) is 11.3 Å². The van der Waals surface area contributed by atoms with E-state index in [4.69, 9.17) is 0 Å². The number of halogens is 1. The van der Waals surface area contributed by atoms with Crippen LogP contribution in [0.4, 0.5) is 4.39 Å². The first-order chi connectivity index (χ1) is 9.08. The Morgan fingerprint density at radius 2 is 2.00 bits per heavy atom. The Hall–Kier alpha value is -1.42. The molecule has 19 heavy (non-hydrogen) atoms. The maximum Gasteiger partial charge on any atom is 0.223 e. The standard InChI is InChI=1S/C15H23FN2O/c1-4-18(5-2)15(19)8-9-17-11-13-7-6-12(3)14(16)10-13/h6-7,10,17H,4-5,8-9,11H2,1-3H3. The van der Waals surface area contributed by atoms with Crippen LogP contribution in [0, 0.1) is 12.7 Å². The molecule has 0 aliphatic heterocycles. The number of carbonyl (C=O) groups is 1. The van der Waals surface area contributed by atoms with Gasteiger partial charge < -0.3 is 10.2 Å². The summed E-state index contributed by atoms with van der Waals surface area (Å²) in [6.07, 6.45) is 0.482. The third-order valence-corrected chi connectivity index (χ3v) is 3.20. The summed E-state index contributed by atoms with van der Waals surface area (Å²) >= 11 is 0. The van der Waals surface area contributed by atoms with Crippen molar-refractivity contribution in [2.24, 2.45) is 0 Å². The number of hydrogen-bond donors (Lipinski definition) is 1. The summed E-state index contributed by atoms with van der Waals surface area (Å²) in [5.41, 5.74) is 1.55. The summed E-state index contributed by atoms with van der Waals surface area (Å²) in [7, 11) is 0. The predicted molar refractivity (Wildman–Crippen MR) is 75.4 cm³/mol. The van der Waals surface area contributed by atoms with Crippen LogP contribution in [0.2, 0.25) is 0 Å². The van der Waals surface area contributed by atoms with Crippen molar-refractivity contribution in [2.75, 3.05) is 19.6 Å². The van der Waals surface area contributed by atoms with Gasteiger partial charge in [-0.3, -0.25) is 4.79 Å². The molecular formula is C15H23FN2O. The zero-order valence-electron chi connectivity index (χ0n) is 12.0. The summed E-state index contributed by atoms with van der Waals surface area (Å²) < 4.78 is 13.3. The van der Waals surface area contributed by atoms with E-state index in [0.717, 1.165) is 18.7 Å². The molecule has 0 saturated heterocycles. The van der Waals surface area contributed by atoms with Crippen molar-refractivity contribution in [1.29, 1.82) is 0 Å². The monoisotopic (exact) mass is 266 g/mol. The van der Waals surface area contributed by atoms with Crippen LogP contribution in [0.15, 0.2) is 18.2 Å². The molecule has 106 valence electrons. The Kier molecular flexibility index (Phi) is 6.50. The second-order valence-corrected chi connectivity index (χ2v) is 4.58. The van der Waals surface area contributed by atoms with E-state index in [2.05, 4.69) is 5.32 Å². The maximum atomic E-state index is 13.3. The van der Waals surface area contributed by atoms with Crippen molar-refractivity contribution in [1.82, 2.24) is 10.2 Å². The highest BCUT2D eigenvalue weighted by atomic mass is 19.1. The van der Waals surface area contributed by atoms with Crippen molar-refractivity contribution >= 4 is 5.91 Å². The van der Waals surface area contributed by atoms with Crippen LogP contribution >= 0.6 is 0 Å². The van der Waals surface area contributed by atoms with Gasteiger partial charge in [-0.05, 0) is 38.0 Å². The molecule has 3 nitrogen and oxygen atoms in total. The average Bonchev–Trinajstić information content (AvgIpc) is 2.40. The van der Waals surface area contributed by atoms with Gasteiger partial charge in [-0.1, -0.05) is 12.1 Å². The normalized spacial score (nSPS) is 10.5. The zero-order chi connectivity index (χ0) is 14.3. The number of nitrogens with one attached hydrogen (secondary N) is 1. The number of nitrogens with zero attached hydrogens (tertiary/aromatic N) is 1. The van der Waals surface area contributed by atoms with Crippen LogP contribution in [0.25, 0.3) is 0 Å². The molecule has 4 heteroatoms. The van der Waals surface area contributed by atoms with Gasteiger partial charge in [0, 0.05) is 32.6 Å². The van der Waals surface area contributed by atoms with Crippen LogP contribution in [0.3, 0.4) is 0 Å². The fraction of sp³-hybridized carbons (Fsp3) is 0.533. The van der Waals surface area contributed by atoms with E-state index in [0.29, 0.717) is 25.1 Å². The van der Waals surface area contributed by atoms with Crippen LogP contribution < -0.4 is 5.32 Å². The summed E-state index contributed by atoms with van der Waals surface area (Å²) in [5.74, 6) is -0.0221. The molecule has 0 aliphatic carbocycles. The van der Waals surface area contributed by atoms with Gasteiger partial charge in [-0.2, -0.15) is 0 Å². The van der Waals surface area contributed by atoms with Crippen molar-refractivity contribution in [3.8, 4) is 0 Å². The number of aryl methyl sites for hydroxylation is 1. The summed E-state index contributed by atoms with van der Waals surface area (Å²) in [6.45, 7) is 8.40. The van der Waals surface area contributed by atoms with E-state index >= 15 is 0 Å². The molecule has 0 unspecified atom stereocenters. The highest BCUT2D eigenvalue weighted by Gasteiger charge is 2.08. The molecule has 1 rings (SSSR count). The van der Waals surface area contributed by atoms with Gasteiger partial charge in [0.05, 0.1) is 0 Å². The fourth-order valence-corrected chi connectivity index (χ4v) is 1.91. The van der Waals surface area contributed by atoms with E-state index in [1.54, 1.807) is 13.0 Å². The lowest BCUT2D eigenvalue weighted by molar-refractivity contribution is -0.130. The molecule has 0 aromatic heterocycles. The van der Waals surface area contributed by atoms with Crippen LogP contribution in [-0.4, -0.2) is 30.4 Å². The van der Waals surface area contributed by atoms with Crippen LogP contribution in [0.5, 0.6) is 0 Å². The maximum absolute atomic E-state index is 13.3. The van der Waals surface area contributed by atoms with Gasteiger partial charge in [-0.15, -0.1) is 0 Å². The van der Waals surface area contributed by atoms with Gasteiger partial charge >= 0.3 is 0 Å². The highest BCUT2D eigenvalue weighted by molar-refractivity contribution is 5.76. The minimum Gasteiger partial charge on any atom is -0.343 e. The van der Waals surface area contributed by atoms with E-state index in [-0.39, 0.29) is 11.7 Å². The largest absolute Gasteiger partial charge is 0.343 e. The quantitative estimate of drug-likeness (QED) is 0.769. The summed E-state index contributed by atoms with van der Waals surface area (Å²) in [4.78, 5) is 13.6. The summed E-state index contributed by atoms with van der Waals surface area (Å²) in [6, 6.07) is 5.21. The highest BCUT2D eigenvalue weighted by Crippen LogP contribution is 2.08. The van der Waals surface area contributed by atoms with Crippen molar-refractivity contribution in [3.05, 3.63) is 35.1 Å². The van der Waals surface area contributed by atoms with Gasteiger partial charge in [0.1, 0.15) is 5.82 Å². The van der Waals surface area contributed by atoms with Crippen molar-refractivity contribution in [2.45, 2.75) is 33.7 Å². The SMILES string of the molecule is CCN(CC)C(=O)CCNCc1ccc(C)c(F)c1. The Labute approximate surface area is 114 Å². The van der Waals surface area contributed by atoms with Gasteiger partial charge in [0.25, 0.3) is 0 Å². The number of amides is 1. The molecule has 0 bridgehead atoms. The number of hydrogen-bond acceptors (Lipinski definition) is 2. The molecule has 1 aromatic carbocycles. The van der Waals surface area contributed by atoms with Crippen LogP contribution in [0.1, 0.15) is 31.4 Å². The number of benzene rings is 1. The molecule has 0 saturated carbocycles. The van der Waals surface area contributed by atoms with E-state index in [1.807, 2.05) is 24.8 Å². The van der Waals surface area contributed by atoms with E-state index in [1.165, 1.54) is 6.07 Å². The Bertz CT molecular complexity index is 417. The topological polar surface area (TPSA) is 32.3 Å². The molecule has 0 spiro atoms. The second kappa shape index (κ2) is 7.89. The minimum atomic E-state index is -0.182. The van der Waals surface area contributed by atoms with Gasteiger partial charge in [0.2, 0.25) is 5.91 Å². The Morgan fingerprint density at radius 1 is 1.32 bits per heavy atom. The predicted octanol–water partition coefficient (Wildman–Crippen LogP) is 2.48. The smallest absolute Gasteiger partial charge is 0.223 e. The Morgan fingerprint density at radius 3 is 2.58 bits per heavy atom. The Balaban J connectivity index is 2.31. The van der Waals surface area contributed by atoms with Crippen molar-refractivity contribution in [3.63, 3.8) is 0 Å². The second-order valence-electron chi connectivity index (χ2n) is 4.58. The number of rotatable bonds is 7. The first kappa shape index (κ1) is 15.6. The number of carbonyl (C=O) groups excluding carboxylic acids is 1. The first-order valence-corrected chi connectivity index (χ1v) is 6.82. The van der Waals surface area contributed by atoms with Crippen molar-refractivity contribution < 1.29 is 9.18 Å². The fourth-order valence-electron chi connectivity index (χ4n) is 1.91. The summed E-state index contributed by atoms with van der Waals surface area (Å²) in [5, 5.41) is 3.17. The molecule has 1 N–H and O–H groups in total. The zero-order valence-corrected chi connectivity index (χ0v) is 12.0. The lowest BCUT2D eigenvalue weighted by Gasteiger charge is -2.18. The third-order valence-electron chi connectivity index (χ3n) is 3.20. The lowest BCUT2D eigenvalue weighted by Crippen LogP contribution is -2.32. The van der Waals surface area contributed by atoms with E-state index in [9.17, 15) is 9.18 Å². The minimum absolute atomic E-state index is 0.160. The first-order valence-electron chi connectivity index (χ1n) is 6.82. The molecular weight excluding hydrogens is 243 g/mol. The van der Waals surface area contributed by atoms with Gasteiger partial charge in [-0.25, -0.2) is 4.39 Å².